The number of rotatable bonds is 9. The zero-order valence-electron chi connectivity index (χ0n) is 14.9. The van der Waals surface area contributed by atoms with Gasteiger partial charge >= 0.3 is 0 Å². The third-order valence-electron chi connectivity index (χ3n) is 3.51. The maximum absolute atomic E-state index is 12.1. The van der Waals surface area contributed by atoms with Gasteiger partial charge in [-0.1, -0.05) is 48.2 Å². The Labute approximate surface area is 157 Å². The number of aromatic nitrogens is 3. The highest BCUT2D eigenvalue weighted by Crippen LogP contribution is 2.23. The molecule has 2 N–H and O–H groups in total. The Bertz CT molecular complexity index is 760. The van der Waals surface area contributed by atoms with Gasteiger partial charge in [0, 0.05) is 18.7 Å². The van der Waals surface area contributed by atoms with Crippen molar-refractivity contribution in [1.82, 2.24) is 25.4 Å². The third-order valence-corrected chi connectivity index (χ3v) is 4.48. The van der Waals surface area contributed by atoms with E-state index in [9.17, 15) is 9.59 Å². The van der Waals surface area contributed by atoms with Crippen molar-refractivity contribution < 1.29 is 9.59 Å². The molecule has 0 aliphatic rings. The van der Waals surface area contributed by atoms with E-state index in [2.05, 4.69) is 27.4 Å². The fourth-order valence-corrected chi connectivity index (χ4v) is 3.05. The number of carbonyl (C=O) groups is 2. The minimum absolute atomic E-state index is 0.147. The molecule has 1 atom stereocenters. The summed E-state index contributed by atoms with van der Waals surface area (Å²) in [5.74, 6) is 0.438. The van der Waals surface area contributed by atoms with Crippen molar-refractivity contribution >= 4 is 23.6 Å². The fourth-order valence-electron chi connectivity index (χ4n) is 2.30. The molecule has 0 saturated heterocycles. The van der Waals surface area contributed by atoms with Crippen LogP contribution in [-0.4, -0.2) is 44.9 Å². The lowest BCUT2D eigenvalue weighted by molar-refractivity contribution is -0.127. The van der Waals surface area contributed by atoms with E-state index in [0.717, 1.165) is 11.4 Å². The zero-order chi connectivity index (χ0) is 18.9. The maximum Gasteiger partial charge on any atom is 0.242 e. The topological polar surface area (TPSA) is 88.9 Å². The summed E-state index contributed by atoms with van der Waals surface area (Å²) in [7, 11) is 0. The van der Waals surface area contributed by atoms with Crippen LogP contribution in [0.5, 0.6) is 0 Å². The number of hydrogen-bond donors (Lipinski definition) is 2. The lowest BCUT2D eigenvalue weighted by Gasteiger charge is -2.13. The van der Waals surface area contributed by atoms with E-state index in [1.807, 2.05) is 41.8 Å². The second-order valence-corrected chi connectivity index (χ2v) is 6.49. The Kier molecular flexibility index (Phi) is 7.40. The van der Waals surface area contributed by atoms with Crippen molar-refractivity contribution in [2.24, 2.45) is 0 Å². The maximum atomic E-state index is 12.1. The van der Waals surface area contributed by atoms with E-state index < -0.39 is 6.04 Å². The van der Waals surface area contributed by atoms with Crippen LogP contribution in [-0.2, 0) is 16.1 Å². The summed E-state index contributed by atoms with van der Waals surface area (Å²) >= 11 is 1.28. The summed E-state index contributed by atoms with van der Waals surface area (Å²) < 4.78 is 1.91. The molecule has 7 nitrogen and oxygen atoms in total. The van der Waals surface area contributed by atoms with E-state index in [-0.39, 0.29) is 17.6 Å². The van der Waals surface area contributed by atoms with Crippen molar-refractivity contribution in [3.8, 4) is 11.4 Å². The van der Waals surface area contributed by atoms with Gasteiger partial charge in [0.05, 0.1) is 5.75 Å². The number of carbonyl (C=O) groups excluding carboxylic acids is 2. The van der Waals surface area contributed by atoms with Crippen LogP contribution in [0.4, 0.5) is 0 Å². The van der Waals surface area contributed by atoms with Gasteiger partial charge in [0.15, 0.2) is 11.0 Å². The summed E-state index contributed by atoms with van der Waals surface area (Å²) in [5, 5.41) is 14.4. The average Bonchev–Trinajstić information content (AvgIpc) is 3.04. The van der Waals surface area contributed by atoms with Crippen molar-refractivity contribution in [3.63, 3.8) is 0 Å². The quantitative estimate of drug-likeness (QED) is 0.517. The normalized spacial score (nSPS) is 11.6. The summed E-state index contributed by atoms with van der Waals surface area (Å²) in [5.41, 5.74) is 0.947. The van der Waals surface area contributed by atoms with Gasteiger partial charge < -0.3 is 10.6 Å². The fraction of sp³-hybridized carbons (Fsp3) is 0.333. The smallest absolute Gasteiger partial charge is 0.242 e. The van der Waals surface area contributed by atoms with E-state index in [0.29, 0.717) is 18.2 Å². The first-order chi connectivity index (χ1) is 12.6. The average molecular weight is 373 g/mol. The highest BCUT2D eigenvalue weighted by molar-refractivity contribution is 7.99. The standard InChI is InChI=1S/C18H23N5O2S/c1-4-11-23-16(14-9-7-6-8-10-14)21-22-18(23)26-12-15(24)20-13(3)17(25)19-5-2/h4,6-10,13H,1,5,11-12H2,2-3H3,(H,19,25)(H,20,24)/t13-/m0/s1. The molecule has 0 radical (unpaired) electrons. The number of thioether (sulfide) groups is 1. The molecule has 0 aliphatic carbocycles. The van der Waals surface area contributed by atoms with Crippen LogP contribution >= 0.6 is 11.8 Å². The number of hydrogen-bond acceptors (Lipinski definition) is 5. The monoisotopic (exact) mass is 373 g/mol. The van der Waals surface area contributed by atoms with Crippen LogP contribution in [0.3, 0.4) is 0 Å². The molecular formula is C18H23N5O2S. The van der Waals surface area contributed by atoms with Gasteiger partial charge in [-0.05, 0) is 13.8 Å². The summed E-state index contributed by atoms with van der Waals surface area (Å²) in [6, 6.07) is 9.15. The molecule has 1 aromatic carbocycles. The first-order valence-corrected chi connectivity index (χ1v) is 9.34. The Morgan fingerprint density at radius 3 is 2.69 bits per heavy atom. The number of allylic oxidation sites excluding steroid dienone is 1. The second kappa shape index (κ2) is 9.76. The molecule has 138 valence electrons. The van der Waals surface area contributed by atoms with E-state index in [4.69, 9.17) is 0 Å². The molecule has 0 bridgehead atoms. The van der Waals surface area contributed by atoms with E-state index in [1.165, 1.54) is 11.8 Å². The van der Waals surface area contributed by atoms with Crippen molar-refractivity contribution in [1.29, 1.82) is 0 Å². The number of benzene rings is 1. The van der Waals surface area contributed by atoms with Gasteiger partial charge in [-0.15, -0.1) is 16.8 Å². The highest BCUT2D eigenvalue weighted by atomic mass is 32.2. The minimum atomic E-state index is -0.575. The lowest BCUT2D eigenvalue weighted by Crippen LogP contribution is -2.45. The minimum Gasteiger partial charge on any atom is -0.355 e. The molecule has 1 heterocycles. The van der Waals surface area contributed by atoms with Gasteiger partial charge in [0.25, 0.3) is 0 Å². The summed E-state index contributed by atoms with van der Waals surface area (Å²) in [6.45, 7) is 8.33. The van der Waals surface area contributed by atoms with Crippen LogP contribution < -0.4 is 10.6 Å². The Morgan fingerprint density at radius 2 is 2.04 bits per heavy atom. The Morgan fingerprint density at radius 1 is 1.31 bits per heavy atom. The van der Waals surface area contributed by atoms with Crippen molar-refractivity contribution in [3.05, 3.63) is 43.0 Å². The predicted octanol–water partition coefficient (Wildman–Crippen LogP) is 1.86. The molecule has 2 rings (SSSR count). The van der Waals surface area contributed by atoms with Gasteiger partial charge in [-0.25, -0.2) is 0 Å². The molecule has 0 spiro atoms. The van der Waals surface area contributed by atoms with Gasteiger partial charge in [-0.2, -0.15) is 0 Å². The van der Waals surface area contributed by atoms with E-state index >= 15 is 0 Å². The van der Waals surface area contributed by atoms with Crippen LogP contribution in [0.2, 0.25) is 0 Å². The number of nitrogens with zero attached hydrogens (tertiary/aromatic N) is 3. The molecule has 0 aliphatic heterocycles. The summed E-state index contributed by atoms with van der Waals surface area (Å²) in [4.78, 5) is 23.8. The Hall–Kier alpha value is -2.61. The number of nitrogens with one attached hydrogen (secondary N) is 2. The molecule has 0 saturated carbocycles. The first-order valence-electron chi connectivity index (χ1n) is 8.36. The van der Waals surface area contributed by atoms with Crippen LogP contribution in [0.1, 0.15) is 13.8 Å². The van der Waals surface area contributed by atoms with Crippen molar-refractivity contribution in [2.45, 2.75) is 31.6 Å². The SMILES string of the molecule is C=CCn1c(SCC(=O)N[C@@H](C)C(=O)NCC)nnc1-c1ccccc1. The largest absolute Gasteiger partial charge is 0.355 e. The number of amides is 2. The molecular weight excluding hydrogens is 350 g/mol. The van der Waals surface area contributed by atoms with Gasteiger partial charge in [0.1, 0.15) is 6.04 Å². The lowest BCUT2D eigenvalue weighted by atomic mass is 10.2. The van der Waals surface area contributed by atoms with Gasteiger partial charge in [-0.3, -0.25) is 14.2 Å². The van der Waals surface area contributed by atoms with Crippen molar-refractivity contribution in [2.75, 3.05) is 12.3 Å². The number of likely N-dealkylation sites (N-methyl/N-ethyl adjacent to an activating group) is 1. The predicted molar refractivity (Wildman–Crippen MR) is 103 cm³/mol. The van der Waals surface area contributed by atoms with Crippen LogP contribution in [0, 0.1) is 0 Å². The molecule has 0 fully saturated rings. The van der Waals surface area contributed by atoms with Gasteiger partial charge in [0.2, 0.25) is 11.8 Å². The molecule has 1 aromatic heterocycles. The van der Waals surface area contributed by atoms with Crippen LogP contribution in [0.15, 0.2) is 48.1 Å². The van der Waals surface area contributed by atoms with E-state index in [1.54, 1.807) is 13.0 Å². The Balaban J connectivity index is 2.03. The molecule has 2 amide bonds. The summed E-state index contributed by atoms with van der Waals surface area (Å²) in [6.07, 6.45) is 1.76. The third kappa shape index (κ3) is 5.19. The highest BCUT2D eigenvalue weighted by Gasteiger charge is 2.17. The molecule has 26 heavy (non-hydrogen) atoms. The second-order valence-electron chi connectivity index (χ2n) is 5.54. The molecule has 8 heteroatoms. The zero-order valence-corrected chi connectivity index (χ0v) is 15.8. The van der Waals surface area contributed by atoms with Crippen LogP contribution in [0.25, 0.3) is 11.4 Å². The first kappa shape index (κ1) is 19.7. The molecule has 0 unspecified atom stereocenters. The molecule has 2 aromatic rings.